The number of carbonyl (C=O) groups excluding carboxylic acids is 1. The quantitative estimate of drug-likeness (QED) is 0.417. The number of primary amides is 1. The zero-order valence-electron chi connectivity index (χ0n) is 18.8. The highest BCUT2D eigenvalue weighted by Crippen LogP contribution is 2.37. The minimum Gasteiger partial charge on any atom is -0.393 e. The second-order valence-corrected chi connectivity index (χ2v) is 9.29. The van der Waals surface area contributed by atoms with E-state index in [-0.39, 0.29) is 36.0 Å². The summed E-state index contributed by atoms with van der Waals surface area (Å²) in [7, 11) is 0. The van der Waals surface area contributed by atoms with Gasteiger partial charge in [-0.1, -0.05) is 0 Å². The molecule has 35 heavy (non-hydrogen) atoms. The summed E-state index contributed by atoms with van der Waals surface area (Å²) in [6.07, 6.45) is 5.53. The molecule has 2 aliphatic carbocycles. The van der Waals surface area contributed by atoms with E-state index in [1.807, 2.05) is 0 Å². The molecule has 12 heteroatoms. The molecule has 0 aliphatic heterocycles. The first-order valence-electron chi connectivity index (χ1n) is 11.7. The predicted molar refractivity (Wildman–Crippen MR) is 122 cm³/mol. The number of anilines is 3. The molecule has 2 aliphatic rings. The average molecular weight is 490 g/mol. The molecule has 9 nitrogen and oxygen atoms in total. The number of nitrogens with two attached hydrogens (primary N) is 1. The van der Waals surface area contributed by atoms with Gasteiger partial charge >= 0.3 is 0 Å². The van der Waals surface area contributed by atoms with E-state index in [0.717, 1.165) is 6.42 Å². The number of fused-ring (bicyclic) bond motifs is 1. The summed E-state index contributed by atoms with van der Waals surface area (Å²) in [6.45, 7) is 0. The van der Waals surface area contributed by atoms with Gasteiger partial charge in [0.15, 0.2) is 17.3 Å². The first-order valence-corrected chi connectivity index (χ1v) is 11.7. The van der Waals surface area contributed by atoms with E-state index < -0.39 is 23.1 Å². The zero-order valence-corrected chi connectivity index (χ0v) is 18.8. The van der Waals surface area contributed by atoms with Crippen LogP contribution in [0.15, 0.2) is 18.3 Å². The van der Waals surface area contributed by atoms with E-state index >= 15 is 0 Å². The van der Waals surface area contributed by atoms with Crippen molar-refractivity contribution in [1.82, 2.24) is 19.5 Å². The van der Waals surface area contributed by atoms with Gasteiger partial charge in [0.05, 0.1) is 12.3 Å². The molecule has 0 bridgehead atoms. The summed E-state index contributed by atoms with van der Waals surface area (Å²) in [5, 5.41) is 15.7. The summed E-state index contributed by atoms with van der Waals surface area (Å²) >= 11 is 0. The van der Waals surface area contributed by atoms with Crippen LogP contribution in [0.1, 0.15) is 51.0 Å². The molecule has 2 heterocycles. The molecular formula is C23H26F3N7O2. The molecule has 2 saturated carbocycles. The Morgan fingerprint density at radius 3 is 2.40 bits per heavy atom. The SMILES string of the molecule is NC(=O)C1CCC(n2c(Nc3c(F)cc(F)cc3F)nc3cnc(N[C@H]4CC[C@H](O)C4)nc32)CC1. The van der Waals surface area contributed by atoms with Crippen LogP contribution < -0.4 is 16.4 Å². The number of aromatic nitrogens is 4. The topological polar surface area (TPSA) is 131 Å². The van der Waals surface area contributed by atoms with Gasteiger partial charge in [-0.3, -0.25) is 9.36 Å². The molecule has 1 aromatic carbocycles. The van der Waals surface area contributed by atoms with Crippen LogP contribution in [0.2, 0.25) is 0 Å². The first-order chi connectivity index (χ1) is 16.8. The van der Waals surface area contributed by atoms with Crippen LogP contribution in [0.25, 0.3) is 11.2 Å². The molecule has 2 aromatic heterocycles. The van der Waals surface area contributed by atoms with Gasteiger partial charge in [0.2, 0.25) is 17.8 Å². The number of nitrogens with one attached hydrogen (secondary N) is 2. The van der Waals surface area contributed by atoms with Crippen molar-refractivity contribution in [3.05, 3.63) is 35.8 Å². The number of aliphatic hydroxyl groups excluding tert-OH is 1. The number of aliphatic hydroxyl groups is 1. The summed E-state index contributed by atoms with van der Waals surface area (Å²) in [6, 6.07) is 1.05. The molecule has 3 aromatic rings. The molecule has 0 radical (unpaired) electrons. The smallest absolute Gasteiger partial charge is 0.224 e. The fourth-order valence-corrected chi connectivity index (χ4v) is 5.06. The number of hydrogen-bond donors (Lipinski definition) is 4. The van der Waals surface area contributed by atoms with E-state index in [1.54, 1.807) is 4.57 Å². The summed E-state index contributed by atoms with van der Waals surface area (Å²) in [5.74, 6) is -3.30. The number of hydrogen-bond acceptors (Lipinski definition) is 7. The number of benzene rings is 1. The maximum Gasteiger partial charge on any atom is 0.224 e. The van der Waals surface area contributed by atoms with Crippen molar-refractivity contribution in [3.63, 3.8) is 0 Å². The fraction of sp³-hybridized carbons (Fsp3) is 0.478. The molecule has 2 fully saturated rings. The minimum absolute atomic E-state index is 0.0322. The summed E-state index contributed by atoms with van der Waals surface area (Å²) in [4.78, 5) is 25.0. The number of amides is 1. The van der Waals surface area contributed by atoms with E-state index in [0.29, 0.717) is 67.8 Å². The number of nitrogens with zero attached hydrogens (tertiary/aromatic N) is 4. The Morgan fingerprint density at radius 1 is 1.06 bits per heavy atom. The number of carbonyl (C=O) groups is 1. The highest BCUT2D eigenvalue weighted by atomic mass is 19.1. The lowest BCUT2D eigenvalue weighted by Gasteiger charge is -2.29. The van der Waals surface area contributed by atoms with Crippen LogP contribution in [0.4, 0.5) is 30.8 Å². The Bertz CT molecular complexity index is 1240. The van der Waals surface area contributed by atoms with E-state index in [4.69, 9.17) is 5.73 Å². The van der Waals surface area contributed by atoms with Gasteiger partial charge < -0.3 is 21.5 Å². The van der Waals surface area contributed by atoms with Gasteiger partial charge in [0, 0.05) is 30.1 Å². The number of halogens is 3. The Morgan fingerprint density at radius 2 is 1.77 bits per heavy atom. The van der Waals surface area contributed by atoms with Gasteiger partial charge in [0.25, 0.3) is 0 Å². The second kappa shape index (κ2) is 9.33. The van der Waals surface area contributed by atoms with E-state index in [2.05, 4.69) is 25.6 Å². The highest BCUT2D eigenvalue weighted by Gasteiger charge is 2.30. The van der Waals surface area contributed by atoms with E-state index in [1.165, 1.54) is 6.20 Å². The van der Waals surface area contributed by atoms with Crippen molar-refractivity contribution in [1.29, 1.82) is 0 Å². The van der Waals surface area contributed by atoms with Crippen molar-refractivity contribution in [3.8, 4) is 0 Å². The largest absolute Gasteiger partial charge is 0.393 e. The van der Waals surface area contributed by atoms with Crippen molar-refractivity contribution in [2.45, 2.75) is 63.1 Å². The third-order valence-corrected chi connectivity index (χ3v) is 6.88. The van der Waals surface area contributed by atoms with Gasteiger partial charge in [-0.05, 0) is 44.9 Å². The molecule has 0 saturated heterocycles. The zero-order chi connectivity index (χ0) is 24.7. The predicted octanol–water partition coefficient (Wildman–Crippen LogP) is 3.53. The van der Waals surface area contributed by atoms with Crippen LogP contribution in [0.3, 0.4) is 0 Å². The summed E-state index contributed by atoms with van der Waals surface area (Å²) in [5.41, 5.74) is 5.81. The van der Waals surface area contributed by atoms with Gasteiger partial charge in [-0.15, -0.1) is 0 Å². The maximum atomic E-state index is 14.4. The standard InChI is InChI=1S/C23H26F3N7O2/c24-12-7-16(25)19(17(26)8-12)31-23-30-18-10-28-22(29-13-3-6-15(34)9-13)32-21(18)33(23)14-4-1-11(2-5-14)20(27)35/h7-8,10-11,13-15,34H,1-6,9H2,(H2,27,35)(H,30,31)(H,28,29,32)/t11?,13-,14?,15-/m0/s1. The Hall–Kier alpha value is -3.41. The Balaban J connectivity index is 1.52. The van der Waals surface area contributed by atoms with Gasteiger partial charge in [-0.25, -0.2) is 23.1 Å². The van der Waals surface area contributed by atoms with Crippen molar-refractivity contribution >= 4 is 34.7 Å². The van der Waals surface area contributed by atoms with Crippen LogP contribution in [0.5, 0.6) is 0 Å². The molecule has 0 unspecified atom stereocenters. The normalized spacial score (nSPS) is 24.6. The monoisotopic (exact) mass is 489 g/mol. The number of rotatable bonds is 6. The first kappa shape index (κ1) is 23.3. The molecule has 0 spiro atoms. The average Bonchev–Trinajstić information content (AvgIpc) is 3.38. The molecule has 186 valence electrons. The van der Waals surface area contributed by atoms with Gasteiger partial charge in [0.1, 0.15) is 17.0 Å². The third-order valence-electron chi connectivity index (χ3n) is 6.88. The lowest BCUT2D eigenvalue weighted by atomic mass is 9.85. The van der Waals surface area contributed by atoms with Crippen molar-refractivity contribution in [2.24, 2.45) is 11.7 Å². The Labute approximate surface area is 199 Å². The van der Waals surface area contributed by atoms with Crippen molar-refractivity contribution < 1.29 is 23.1 Å². The molecule has 2 atom stereocenters. The molecule has 5 N–H and O–H groups in total. The van der Waals surface area contributed by atoms with Crippen LogP contribution in [-0.4, -0.2) is 42.7 Å². The van der Waals surface area contributed by atoms with E-state index in [9.17, 15) is 23.1 Å². The number of imidazole rings is 1. The maximum absolute atomic E-state index is 14.4. The Kier molecular flexibility index (Phi) is 6.22. The minimum atomic E-state index is -1.09. The molecular weight excluding hydrogens is 463 g/mol. The molecule has 1 amide bonds. The lowest BCUT2D eigenvalue weighted by Crippen LogP contribution is -2.29. The second-order valence-electron chi connectivity index (χ2n) is 9.29. The van der Waals surface area contributed by atoms with Crippen LogP contribution >= 0.6 is 0 Å². The van der Waals surface area contributed by atoms with Crippen LogP contribution in [0, 0.1) is 23.4 Å². The fourth-order valence-electron chi connectivity index (χ4n) is 5.06. The summed E-state index contributed by atoms with van der Waals surface area (Å²) < 4.78 is 44.0. The van der Waals surface area contributed by atoms with Crippen molar-refractivity contribution in [2.75, 3.05) is 10.6 Å². The van der Waals surface area contributed by atoms with Crippen LogP contribution in [-0.2, 0) is 4.79 Å². The highest BCUT2D eigenvalue weighted by molar-refractivity contribution is 5.78. The molecule has 5 rings (SSSR count). The van der Waals surface area contributed by atoms with Gasteiger partial charge in [-0.2, -0.15) is 4.98 Å². The third kappa shape index (κ3) is 4.75. The lowest BCUT2D eigenvalue weighted by molar-refractivity contribution is -0.122.